The topological polar surface area (TPSA) is 44.8 Å². The Morgan fingerprint density at radius 1 is 1.29 bits per heavy atom. The van der Waals surface area contributed by atoms with Crippen LogP contribution in [0, 0.1) is 23.3 Å². The molecule has 1 saturated carbocycles. The zero-order valence-electron chi connectivity index (χ0n) is 10.8. The molecule has 0 aromatic carbocycles. The van der Waals surface area contributed by atoms with Crippen LogP contribution in [-0.4, -0.2) is 16.3 Å². The zero-order chi connectivity index (χ0) is 12.8. The Morgan fingerprint density at radius 2 is 1.94 bits per heavy atom. The molecule has 3 atom stereocenters. The van der Waals surface area contributed by atoms with E-state index in [1.54, 1.807) is 0 Å². The average molecular weight is 235 g/mol. The van der Waals surface area contributed by atoms with Crippen molar-refractivity contribution in [2.75, 3.05) is 0 Å². The van der Waals surface area contributed by atoms with Gasteiger partial charge in [-0.15, -0.1) is 0 Å². The van der Waals surface area contributed by atoms with Gasteiger partial charge in [-0.05, 0) is 37.0 Å². The SMILES string of the molecule is [C-]#[N+]C1=C(O)C(C)(C)[C@@H]2CCC(O)C[C@@]2(C)C1. The van der Waals surface area contributed by atoms with Crippen LogP contribution in [0.3, 0.4) is 0 Å². The fourth-order valence-corrected chi connectivity index (χ4v) is 4.01. The van der Waals surface area contributed by atoms with Crippen LogP contribution < -0.4 is 0 Å². The first-order valence-corrected chi connectivity index (χ1v) is 6.29. The normalized spacial score (nSPS) is 40.6. The molecule has 0 aromatic rings. The third kappa shape index (κ3) is 1.75. The monoisotopic (exact) mass is 235 g/mol. The number of aliphatic hydroxyl groups is 2. The summed E-state index contributed by atoms with van der Waals surface area (Å²) in [4.78, 5) is 3.48. The molecule has 3 nitrogen and oxygen atoms in total. The van der Waals surface area contributed by atoms with Gasteiger partial charge in [0.25, 0.3) is 0 Å². The molecule has 0 radical (unpaired) electrons. The van der Waals surface area contributed by atoms with Crippen molar-refractivity contribution >= 4 is 0 Å². The van der Waals surface area contributed by atoms with Crippen LogP contribution in [0.2, 0.25) is 0 Å². The van der Waals surface area contributed by atoms with Crippen LogP contribution >= 0.6 is 0 Å². The van der Waals surface area contributed by atoms with Crippen LogP contribution in [0.5, 0.6) is 0 Å². The molecule has 2 aliphatic carbocycles. The van der Waals surface area contributed by atoms with Gasteiger partial charge in [-0.2, -0.15) is 0 Å². The summed E-state index contributed by atoms with van der Waals surface area (Å²) >= 11 is 0. The minimum atomic E-state index is -0.340. The first kappa shape index (κ1) is 12.4. The minimum absolute atomic E-state index is 0.0483. The average Bonchev–Trinajstić information content (AvgIpc) is 2.23. The second kappa shape index (κ2) is 3.74. The minimum Gasteiger partial charge on any atom is -0.523 e. The van der Waals surface area contributed by atoms with E-state index in [9.17, 15) is 10.2 Å². The lowest BCUT2D eigenvalue weighted by Gasteiger charge is -2.53. The highest BCUT2D eigenvalue weighted by Crippen LogP contribution is 2.58. The summed E-state index contributed by atoms with van der Waals surface area (Å²) in [6, 6.07) is 0. The van der Waals surface area contributed by atoms with E-state index in [4.69, 9.17) is 6.57 Å². The van der Waals surface area contributed by atoms with Gasteiger partial charge in [0.15, 0.2) is 0 Å². The third-order valence-corrected chi connectivity index (χ3v) is 4.79. The summed E-state index contributed by atoms with van der Waals surface area (Å²) in [6.45, 7) is 13.4. The molecular weight excluding hydrogens is 214 g/mol. The first-order chi connectivity index (χ1) is 7.81. The molecule has 2 rings (SSSR count). The van der Waals surface area contributed by atoms with Crippen LogP contribution in [0.4, 0.5) is 0 Å². The maximum atomic E-state index is 10.2. The number of nitrogens with zero attached hydrogens (tertiary/aromatic N) is 1. The van der Waals surface area contributed by atoms with Gasteiger partial charge < -0.3 is 10.2 Å². The number of rotatable bonds is 0. The molecule has 2 N–H and O–H groups in total. The van der Waals surface area contributed by atoms with Gasteiger partial charge in [-0.3, -0.25) is 0 Å². The maximum Gasteiger partial charge on any atom is 0.203 e. The number of fused-ring (bicyclic) bond motifs is 1. The van der Waals surface area contributed by atoms with E-state index >= 15 is 0 Å². The van der Waals surface area contributed by atoms with E-state index in [0.717, 1.165) is 19.3 Å². The lowest BCUT2D eigenvalue weighted by molar-refractivity contribution is -0.0518. The molecule has 3 heteroatoms. The number of allylic oxidation sites excluding steroid dienone is 2. The van der Waals surface area contributed by atoms with Gasteiger partial charge in [0.1, 0.15) is 5.76 Å². The highest BCUT2D eigenvalue weighted by atomic mass is 16.3. The largest absolute Gasteiger partial charge is 0.523 e. The van der Waals surface area contributed by atoms with Gasteiger partial charge in [-0.1, -0.05) is 20.8 Å². The van der Waals surface area contributed by atoms with Crippen LogP contribution in [0.1, 0.15) is 46.5 Å². The smallest absolute Gasteiger partial charge is 0.203 e. The predicted octanol–water partition coefficient (Wildman–Crippen LogP) is 3.27. The van der Waals surface area contributed by atoms with E-state index in [-0.39, 0.29) is 22.7 Å². The van der Waals surface area contributed by atoms with Crippen molar-refractivity contribution in [2.45, 2.75) is 52.6 Å². The van der Waals surface area contributed by atoms with Crippen LogP contribution in [0.25, 0.3) is 4.85 Å². The molecule has 0 bridgehead atoms. The molecular formula is C14H21NO2. The number of hydrogen-bond acceptors (Lipinski definition) is 2. The van der Waals surface area contributed by atoms with Gasteiger partial charge in [-0.25, -0.2) is 4.85 Å². The molecule has 0 amide bonds. The van der Waals surface area contributed by atoms with E-state index in [0.29, 0.717) is 18.0 Å². The number of aliphatic hydroxyl groups excluding tert-OH is 2. The molecule has 0 heterocycles. The molecule has 0 aliphatic heterocycles. The molecule has 1 unspecified atom stereocenters. The van der Waals surface area contributed by atoms with Crippen molar-refractivity contribution in [1.82, 2.24) is 0 Å². The van der Waals surface area contributed by atoms with Crippen molar-refractivity contribution in [3.05, 3.63) is 22.9 Å². The summed E-state index contributed by atoms with van der Waals surface area (Å²) < 4.78 is 0. The first-order valence-electron chi connectivity index (χ1n) is 6.29. The maximum absolute atomic E-state index is 10.2. The Labute approximate surface area is 103 Å². The van der Waals surface area contributed by atoms with Gasteiger partial charge in [0.2, 0.25) is 5.70 Å². The molecule has 2 aliphatic rings. The van der Waals surface area contributed by atoms with Gasteiger partial charge in [0.05, 0.1) is 12.7 Å². The second-order valence-corrected chi connectivity index (χ2v) is 6.45. The predicted molar refractivity (Wildman–Crippen MR) is 66.1 cm³/mol. The fourth-order valence-electron chi connectivity index (χ4n) is 4.01. The third-order valence-electron chi connectivity index (χ3n) is 4.79. The van der Waals surface area contributed by atoms with E-state index < -0.39 is 0 Å². The molecule has 0 saturated heterocycles. The van der Waals surface area contributed by atoms with Crippen molar-refractivity contribution in [3.63, 3.8) is 0 Å². The lowest BCUT2D eigenvalue weighted by atomic mass is 9.52. The fraction of sp³-hybridized carbons (Fsp3) is 0.786. The summed E-state index contributed by atoms with van der Waals surface area (Å²) in [6.07, 6.45) is 2.84. The molecule has 17 heavy (non-hydrogen) atoms. The Kier molecular flexibility index (Phi) is 2.74. The Hall–Kier alpha value is -1.01. The highest BCUT2D eigenvalue weighted by Gasteiger charge is 2.52. The standard InChI is InChI=1S/C14H21NO2/c1-13(2)11-6-5-9(16)7-14(11,3)8-10(15-4)12(13)17/h9,11,16-17H,5-8H2,1-3H3/t9?,11-,14-/m0/s1. The van der Waals surface area contributed by atoms with Crippen LogP contribution in [-0.2, 0) is 0 Å². The van der Waals surface area contributed by atoms with E-state index in [1.165, 1.54) is 0 Å². The Bertz CT molecular complexity index is 405. The van der Waals surface area contributed by atoms with Crippen LogP contribution in [0.15, 0.2) is 11.5 Å². The summed E-state index contributed by atoms with van der Waals surface area (Å²) in [5.41, 5.74) is 0.100. The van der Waals surface area contributed by atoms with Crippen molar-refractivity contribution in [3.8, 4) is 0 Å². The van der Waals surface area contributed by atoms with Crippen molar-refractivity contribution in [2.24, 2.45) is 16.7 Å². The summed E-state index contributed by atoms with van der Waals surface area (Å²) in [7, 11) is 0. The van der Waals surface area contributed by atoms with Gasteiger partial charge >= 0.3 is 0 Å². The lowest BCUT2D eigenvalue weighted by Crippen LogP contribution is -2.48. The second-order valence-electron chi connectivity index (χ2n) is 6.45. The molecule has 94 valence electrons. The van der Waals surface area contributed by atoms with Crippen molar-refractivity contribution < 1.29 is 10.2 Å². The molecule has 0 aromatic heterocycles. The summed E-state index contributed by atoms with van der Waals surface area (Å²) in [5, 5.41) is 20.1. The zero-order valence-corrected chi connectivity index (χ0v) is 10.8. The Morgan fingerprint density at radius 3 is 2.53 bits per heavy atom. The van der Waals surface area contributed by atoms with E-state index in [2.05, 4.69) is 11.8 Å². The van der Waals surface area contributed by atoms with Crippen molar-refractivity contribution in [1.29, 1.82) is 0 Å². The highest BCUT2D eigenvalue weighted by molar-refractivity contribution is 5.28. The quantitative estimate of drug-likeness (QED) is 0.633. The van der Waals surface area contributed by atoms with E-state index in [1.807, 2.05) is 13.8 Å². The van der Waals surface area contributed by atoms with Gasteiger partial charge in [0, 0.05) is 5.41 Å². The molecule has 0 spiro atoms. The Balaban J connectivity index is 2.46. The summed E-state index contributed by atoms with van der Waals surface area (Å²) in [5.74, 6) is 0.621. The molecule has 1 fully saturated rings. The number of hydrogen-bond donors (Lipinski definition) is 2.